The molecule has 112 valence electrons. The highest BCUT2D eigenvalue weighted by molar-refractivity contribution is 5.72. The van der Waals surface area contributed by atoms with Gasteiger partial charge >= 0.3 is 0 Å². The lowest BCUT2D eigenvalue weighted by Gasteiger charge is -2.02. The van der Waals surface area contributed by atoms with Crippen molar-refractivity contribution in [1.82, 2.24) is 0 Å². The van der Waals surface area contributed by atoms with Crippen molar-refractivity contribution in [3.63, 3.8) is 0 Å². The summed E-state index contributed by atoms with van der Waals surface area (Å²) in [6, 6.07) is 24.8. The maximum atomic E-state index is 10.7. The van der Waals surface area contributed by atoms with Crippen LogP contribution in [0.1, 0.15) is 11.1 Å². The van der Waals surface area contributed by atoms with E-state index in [4.69, 9.17) is 0 Å². The molecule has 0 aliphatic carbocycles. The van der Waals surface area contributed by atoms with E-state index in [0.29, 0.717) is 0 Å². The van der Waals surface area contributed by atoms with Crippen LogP contribution in [-0.4, -0.2) is 4.92 Å². The molecule has 0 fully saturated rings. The Hall–Kier alpha value is -3.20. The van der Waals surface area contributed by atoms with E-state index in [-0.39, 0.29) is 10.6 Å². The van der Waals surface area contributed by atoms with E-state index in [9.17, 15) is 10.1 Å². The van der Waals surface area contributed by atoms with Crippen LogP contribution in [-0.2, 0) is 0 Å². The summed E-state index contributed by atoms with van der Waals surface area (Å²) in [4.78, 5) is 10.3. The van der Waals surface area contributed by atoms with Crippen molar-refractivity contribution in [1.29, 1.82) is 0 Å². The summed E-state index contributed by atoms with van der Waals surface area (Å²) >= 11 is 0. The first-order valence-corrected chi connectivity index (χ1v) is 7.30. The number of nitro groups is 1. The van der Waals surface area contributed by atoms with Crippen LogP contribution in [0.3, 0.4) is 0 Å². The monoisotopic (exact) mass is 301 g/mol. The molecule has 0 amide bonds. The molecule has 0 saturated heterocycles. The number of non-ortho nitro benzene ring substituents is 1. The third-order valence-electron chi connectivity index (χ3n) is 3.59. The second-order valence-corrected chi connectivity index (χ2v) is 5.17. The minimum Gasteiger partial charge on any atom is -0.258 e. The largest absolute Gasteiger partial charge is 0.269 e. The molecule has 0 N–H and O–H groups in total. The lowest BCUT2D eigenvalue weighted by molar-refractivity contribution is -0.384. The SMILES string of the molecule is O=[N+]([O-])c1ccc(-c2ccc(/C=C/c3ccccc3)cc2)cc1. The highest BCUT2D eigenvalue weighted by Gasteiger charge is 2.04. The molecule has 3 aromatic carbocycles. The number of hydrogen-bond donors (Lipinski definition) is 0. The Balaban J connectivity index is 1.76. The molecule has 0 unspecified atom stereocenters. The lowest BCUT2D eigenvalue weighted by Crippen LogP contribution is -1.87. The predicted molar refractivity (Wildman–Crippen MR) is 93.9 cm³/mol. The van der Waals surface area contributed by atoms with Gasteiger partial charge in [-0.25, -0.2) is 0 Å². The summed E-state index contributed by atoms with van der Waals surface area (Å²) in [7, 11) is 0. The van der Waals surface area contributed by atoms with Gasteiger partial charge in [-0.15, -0.1) is 0 Å². The molecule has 3 rings (SSSR count). The molecular weight excluding hydrogens is 286 g/mol. The normalized spacial score (nSPS) is 10.8. The van der Waals surface area contributed by atoms with Crippen LogP contribution in [0.25, 0.3) is 23.3 Å². The summed E-state index contributed by atoms with van der Waals surface area (Å²) in [5.74, 6) is 0. The highest BCUT2D eigenvalue weighted by Crippen LogP contribution is 2.23. The summed E-state index contributed by atoms with van der Waals surface area (Å²) < 4.78 is 0. The average Bonchev–Trinajstić information content (AvgIpc) is 2.61. The van der Waals surface area contributed by atoms with Crippen LogP contribution >= 0.6 is 0 Å². The van der Waals surface area contributed by atoms with Gasteiger partial charge in [0.25, 0.3) is 5.69 Å². The van der Waals surface area contributed by atoms with Crippen molar-refractivity contribution < 1.29 is 4.92 Å². The van der Waals surface area contributed by atoms with Crippen LogP contribution in [0, 0.1) is 10.1 Å². The number of rotatable bonds is 4. The number of benzene rings is 3. The van der Waals surface area contributed by atoms with E-state index in [0.717, 1.165) is 22.3 Å². The summed E-state index contributed by atoms with van der Waals surface area (Å²) in [5.41, 5.74) is 4.38. The summed E-state index contributed by atoms with van der Waals surface area (Å²) in [5, 5.41) is 10.7. The predicted octanol–water partition coefficient (Wildman–Crippen LogP) is 5.43. The third-order valence-corrected chi connectivity index (χ3v) is 3.59. The first-order chi connectivity index (χ1) is 11.2. The van der Waals surface area contributed by atoms with Crippen molar-refractivity contribution in [3.05, 3.63) is 100 Å². The van der Waals surface area contributed by atoms with E-state index in [1.165, 1.54) is 12.1 Å². The van der Waals surface area contributed by atoms with Gasteiger partial charge < -0.3 is 0 Å². The maximum absolute atomic E-state index is 10.7. The lowest BCUT2D eigenvalue weighted by atomic mass is 10.0. The number of hydrogen-bond acceptors (Lipinski definition) is 2. The molecular formula is C20H15NO2. The van der Waals surface area contributed by atoms with Crippen molar-refractivity contribution in [2.75, 3.05) is 0 Å². The van der Waals surface area contributed by atoms with Crippen LogP contribution < -0.4 is 0 Å². The van der Waals surface area contributed by atoms with Crippen LogP contribution in [0.2, 0.25) is 0 Å². The fourth-order valence-electron chi connectivity index (χ4n) is 2.32. The molecule has 0 aliphatic rings. The Morgan fingerprint density at radius 2 is 1.13 bits per heavy atom. The molecule has 23 heavy (non-hydrogen) atoms. The number of nitrogens with zero attached hydrogens (tertiary/aromatic N) is 1. The van der Waals surface area contributed by atoms with Gasteiger partial charge in [0, 0.05) is 12.1 Å². The van der Waals surface area contributed by atoms with Crippen molar-refractivity contribution in [2.24, 2.45) is 0 Å². The van der Waals surface area contributed by atoms with Crippen molar-refractivity contribution in [3.8, 4) is 11.1 Å². The smallest absolute Gasteiger partial charge is 0.258 e. The molecule has 0 spiro atoms. The standard InChI is InChI=1S/C20H15NO2/c22-21(23)20-14-12-19(13-15-20)18-10-8-17(9-11-18)7-6-16-4-2-1-3-5-16/h1-15H/b7-6+. The topological polar surface area (TPSA) is 43.1 Å². The first kappa shape index (κ1) is 14.7. The van der Waals surface area contributed by atoms with E-state index in [1.807, 2.05) is 42.5 Å². The zero-order valence-corrected chi connectivity index (χ0v) is 12.4. The van der Waals surface area contributed by atoms with Crippen molar-refractivity contribution in [2.45, 2.75) is 0 Å². The number of nitro benzene ring substituents is 1. The zero-order chi connectivity index (χ0) is 16.1. The maximum Gasteiger partial charge on any atom is 0.269 e. The first-order valence-electron chi connectivity index (χ1n) is 7.30. The van der Waals surface area contributed by atoms with Crippen LogP contribution in [0.15, 0.2) is 78.9 Å². The summed E-state index contributed by atoms with van der Waals surface area (Å²) in [6.07, 6.45) is 4.13. The Morgan fingerprint density at radius 3 is 1.65 bits per heavy atom. The average molecular weight is 301 g/mol. The van der Waals surface area contributed by atoms with E-state index in [2.05, 4.69) is 24.3 Å². The van der Waals surface area contributed by atoms with Gasteiger partial charge in [-0.3, -0.25) is 10.1 Å². The van der Waals surface area contributed by atoms with Gasteiger partial charge in [0.2, 0.25) is 0 Å². The van der Waals surface area contributed by atoms with Gasteiger partial charge in [-0.2, -0.15) is 0 Å². The third kappa shape index (κ3) is 3.71. The molecule has 3 nitrogen and oxygen atoms in total. The van der Waals surface area contributed by atoms with Crippen molar-refractivity contribution >= 4 is 17.8 Å². The second-order valence-electron chi connectivity index (χ2n) is 5.17. The van der Waals surface area contributed by atoms with E-state index >= 15 is 0 Å². The molecule has 0 atom stereocenters. The zero-order valence-electron chi connectivity index (χ0n) is 12.4. The fourth-order valence-corrected chi connectivity index (χ4v) is 2.32. The fraction of sp³-hybridized carbons (Fsp3) is 0. The Bertz CT molecular complexity index is 820. The van der Waals surface area contributed by atoms with Gasteiger partial charge in [0.15, 0.2) is 0 Å². The van der Waals surface area contributed by atoms with Gasteiger partial charge in [0.1, 0.15) is 0 Å². The summed E-state index contributed by atoms with van der Waals surface area (Å²) in [6.45, 7) is 0. The molecule has 0 saturated carbocycles. The minimum absolute atomic E-state index is 0.108. The van der Waals surface area contributed by atoms with Gasteiger partial charge in [-0.1, -0.05) is 66.7 Å². The molecule has 0 aromatic heterocycles. The Kier molecular flexibility index (Phi) is 4.29. The van der Waals surface area contributed by atoms with Gasteiger partial charge in [-0.05, 0) is 34.4 Å². The minimum atomic E-state index is -0.388. The van der Waals surface area contributed by atoms with E-state index < -0.39 is 0 Å². The molecule has 0 aliphatic heterocycles. The molecule has 0 heterocycles. The van der Waals surface area contributed by atoms with Crippen LogP contribution in [0.5, 0.6) is 0 Å². The highest BCUT2D eigenvalue weighted by atomic mass is 16.6. The molecule has 0 radical (unpaired) electrons. The quantitative estimate of drug-likeness (QED) is 0.366. The van der Waals surface area contributed by atoms with Crippen LogP contribution in [0.4, 0.5) is 5.69 Å². The Labute approximate surface area is 134 Å². The Morgan fingerprint density at radius 1 is 0.652 bits per heavy atom. The molecule has 3 heteroatoms. The second kappa shape index (κ2) is 6.71. The molecule has 3 aromatic rings. The van der Waals surface area contributed by atoms with Gasteiger partial charge in [0.05, 0.1) is 4.92 Å². The molecule has 0 bridgehead atoms. The van der Waals surface area contributed by atoms with E-state index in [1.54, 1.807) is 12.1 Å².